The van der Waals surface area contributed by atoms with Crippen LogP contribution >= 0.6 is 0 Å². The van der Waals surface area contributed by atoms with Crippen LogP contribution in [0.2, 0.25) is 0 Å². The molecular formula is C14H24N2. The minimum atomic E-state index is 1.05. The molecule has 0 unspecified atom stereocenters. The third kappa shape index (κ3) is 5.29. The molecule has 0 atom stereocenters. The standard InChI is InChI=1S/C14H24N2/c1-4-15-9-6-10-16(3)12-14-8-5-7-13(2)11-14/h5,7-8,11,15H,4,6,9-10,12H2,1-3H3. The van der Waals surface area contributed by atoms with E-state index in [-0.39, 0.29) is 0 Å². The first kappa shape index (κ1) is 13.2. The summed E-state index contributed by atoms with van der Waals surface area (Å²) >= 11 is 0. The van der Waals surface area contributed by atoms with E-state index in [4.69, 9.17) is 0 Å². The molecule has 0 aliphatic rings. The van der Waals surface area contributed by atoms with Crippen LogP contribution in [0.4, 0.5) is 0 Å². The zero-order valence-electron chi connectivity index (χ0n) is 10.8. The van der Waals surface area contributed by atoms with Crippen molar-refractivity contribution in [2.45, 2.75) is 26.8 Å². The van der Waals surface area contributed by atoms with Crippen molar-refractivity contribution in [3.63, 3.8) is 0 Å². The van der Waals surface area contributed by atoms with Crippen molar-refractivity contribution in [1.29, 1.82) is 0 Å². The maximum Gasteiger partial charge on any atom is 0.0230 e. The van der Waals surface area contributed by atoms with E-state index in [1.807, 2.05) is 0 Å². The summed E-state index contributed by atoms with van der Waals surface area (Å²) < 4.78 is 0. The summed E-state index contributed by atoms with van der Waals surface area (Å²) in [5.41, 5.74) is 2.75. The number of aryl methyl sites for hydroxylation is 1. The molecule has 0 spiro atoms. The highest BCUT2D eigenvalue weighted by atomic mass is 15.1. The summed E-state index contributed by atoms with van der Waals surface area (Å²) in [6.45, 7) is 8.69. The van der Waals surface area contributed by atoms with Gasteiger partial charge in [-0.05, 0) is 45.6 Å². The van der Waals surface area contributed by atoms with Gasteiger partial charge in [-0.15, -0.1) is 0 Å². The average Bonchev–Trinajstić information content (AvgIpc) is 2.24. The zero-order valence-corrected chi connectivity index (χ0v) is 10.8. The Hall–Kier alpha value is -0.860. The van der Waals surface area contributed by atoms with Crippen molar-refractivity contribution in [1.82, 2.24) is 10.2 Å². The van der Waals surface area contributed by atoms with Crippen LogP contribution in [-0.4, -0.2) is 31.6 Å². The molecule has 0 fully saturated rings. The maximum absolute atomic E-state index is 3.35. The molecule has 16 heavy (non-hydrogen) atoms. The lowest BCUT2D eigenvalue weighted by Crippen LogP contribution is -2.23. The predicted octanol–water partition coefficient (Wildman–Crippen LogP) is 2.43. The molecule has 0 amide bonds. The fraction of sp³-hybridized carbons (Fsp3) is 0.571. The molecule has 0 saturated heterocycles. The number of benzene rings is 1. The van der Waals surface area contributed by atoms with E-state index < -0.39 is 0 Å². The Bertz CT molecular complexity index is 297. The molecule has 2 heteroatoms. The summed E-state index contributed by atoms with van der Waals surface area (Å²) in [6, 6.07) is 8.75. The molecule has 0 aromatic heterocycles. The summed E-state index contributed by atoms with van der Waals surface area (Å²) in [4.78, 5) is 2.38. The van der Waals surface area contributed by atoms with Gasteiger partial charge in [0.1, 0.15) is 0 Å². The lowest BCUT2D eigenvalue weighted by molar-refractivity contribution is 0.320. The van der Waals surface area contributed by atoms with Crippen molar-refractivity contribution < 1.29 is 0 Å². The first-order valence-corrected chi connectivity index (χ1v) is 6.17. The van der Waals surface area contributed by atoms with E-state index in [1.165, 1.54) is 17.5 Å². The summed E-state index contributed by atoms with van der Waals surface area (Å²) in [5, 5.41) is 3.35. The summed E-state index contributed by atoms with van der Waals surface area (Å²) in [6.07, 6.45) is 1.22. The smallest absolute Gasteiger partial charge is 0.0230 e. The molecule has 90 valence electrons. The number of nitrogens with zero attached hydrogens (tertiary/aromatic N) is 1. The quantitative estimate of drug-likeness (QED) is 0.710. The Kier molecular flexibility index (Phi) is 6.12. The number of hydrogen-bond acceptors (Lipinski definition) is 2. The summed E-state index contributed by atoms with van der Waals surface area (Å²) in [5.74, 6) is 0. The van der Waals surface area contributed by atoms with E-state index in [0.29, 0.717) is 0 Å². The molecule has 1 aromatic carbocycles. The molecule has 0 aliphatic carbocycles. The van der Waals surface area contributed by atoms with Gasteiger partial charge in [-0.25, -0.2) is 0 Å². The fourth-order valence-corrected chi connectivity index (χ4v) is 1.85. The van der Waals surface area contributed by atoms with Crippen LogP contribution in [0.3, 0.4) is 0 Å². The van der Waals surface area contributed by atoms with Crippen molar-refractivity contribution in [2.75, 3.05) is 26.7 Å². The Morgan fingerprint density at radius 1 is 1.31 bits per heavy atom. The Morgan fingerprint density at radius 2 is 2.12 bits per heavy atom. The second kappa shape index (κ2) is 7.42. The Balaban J connectivity index is 2.25. The lowest BCUT2D eigenvalue weighted by Gasteiger charge is -2.16. The van der Waals surface area contributed by atoms with E-state index in [2.05, 4.69) is 55.4 Å². The molecule has 1 rings (SSSR count). The van der Waals surface area contributed by atoms with Crippen molar-refractivity contribution >= 4 is 0 Å². The van der Waals surface area contributed by atoms with Crippen LogP contribution in [-0.2, 0) is 6.54 Å². The van der Waals surface area contributed by atoms with E-state index in [1.54, 1.807) is 0 Å². The molecule has 2 nitrogen and oxygen atoms in total. The first-order valence-electron chi connectivity index (χ1n) is 6.17. The van der Waals surface area contributed by atoms with Gasteiger partial charge in [-0.2, -0.15) is 0 Å². The maximum atomic E-state index is 3.35. The normalized spacial score (nSPS) is 11.0. The summed E-state index contributed by atoms with van der Waals surface area (Å²) in [7, 11) is 2.19. The van der Waals surface area contributed by atoms with E-state index in [0.717, 1.165) is 26.2 Å². The molecule has 0 aliphatic heterocycles. The Morgan fingerprint density at radius 3 is 2.81 bits per heavy atom. The van der Waals surface area contributed by atoms with Crippen LogP contribution in [0.5, 0.6) is 0 Å². The number of hydrogen-bond donors (Lipinski definition) is 1. The van der Waals surface area contributed by atoms with Gasteiger partial charge in [0.2, 0.25) is 0 Å². The third-order valence-corrected chi connectivity index (χ3v) is 2.68. The highest BCUT2D eigenvalue weighted by Gasteiger charge is 1.99. The van der Waals surface area contributed by atoms with Crippen LogP contribution in [0, 0.1) is 6.92 Å². The largest absolute Gasteiger partial charge is 0.317 e. The van der Waals surface area contributed by atoms with Gasteiger partial charge in [0.05, 0.1) is 0 Å². The topological polar surface area (TPSA) is 15.3 Å². The molecule has 0 radical (unpaired) electrons. The number of nitrogens with one attached hydrogen (secondary N) is 1. The van der Waals surface area contributed by atoms with Crippen molar-refractivity contribution in [3.8, 4) is 0 Å². The van der Waals surface area contributed by atoms with Gasteiger partial charge in [-0.1, -0.05) is 36.8 Å². The average molecular weight is 220 g/mol. The molecule has 1 N–H and O–H groups in total. The van der Waals surface area contributed by atoms with Crippen LogP contribution in [0.15, 0.2) is 24.3 Å². The van der Waals surface area contributed by atoms with Crippen molar-refractivity contribution in [3.05, 3.63) is 35.4 Å². The zero-order chi connectivity index (χ0) is 11.8. The van der Waals surface area contributed by atoms with Crippen LogP contribution in [0.1, 0.15) is 24.5 Å². The molecule has 0 saturated carbocycles. The highest BCUT2D eigenvalue weighted by Crippen LogP contribution is 2.06. The Labute approximate surface area is 99.7 Å². The molecule has 0 bridgehead atoms. The minimum absolute atomic E-state index is 1.05. The second-order valence-electron chi connectivity index (χ2n) is 4.43. The monoisotopic (exact) mass is 220 g/mol. The van der Waals surface area contributed by atoms with Crippen LogP contribution in [0.25, 0.3) is 0 Å². The SMILES string of the molecule is CCNCCCN(C)Cc1cccc(C)c1. The second-order valence-corrected chi connectivity index (χ2v) is 4.43. The fourth-order valence-electron chi connectivity index (χ4n) is 1.85. The minimum Gasteiger partial charge on any atom is -0.317 e. The van der Waals surface area contributed by atoms with Crippen molar-refractivity contribution in [2.24, 2.45) is 0 Å². The van der Waals surface area contributed by atoms with Gasteiger partial charge in [0.15, 0.2) is 0 Å². The van der Waals surface area contributed by atoms with E-state index in [9.17, 15) is 0 Å². The lowest BCUT2D eigenvalue weighted by atomic mass is 10.1. The van der Waals surface area contributed by atoms with Gasteiger partial charge in [0.25, 0.3) is 0 Å². The number of rotatable bonds is 7. The molecule has 1 aromatic rings. The van der Waals surface area contributed by atoms with Crippen LogP contribution < -0.4 is 5.32 Å². The predicted molar refractivity (Wildman–Crippen MR) is 70.7 cm³/mol. The third-order valence-electron chi connectivity index (χ3n) is 2.68. The van der Waals surface area contributed by atoms with Gasteiger partial charge < -0.3 is 10.2 Å². The van der Waals surface area contributed by atoms with Gasteiger partial charge in [0, 0.05) is 6.54 Å². The van der Waals surface area contributed by atoms with Gasteiger partial charge in [-0.3, -0.25) is 0 Å². The van der Waals surface area contributed by atoms with Gasteiger partial charge >= 0.3 is 0 Å². The first-order chi connectivity index (χ1) is 7.72. The molecular weight excluding hydrogens is 196 g/mol. The highest BCUT2D eigenvalue weighted by molar-refractivity contribution is 5.21. The molecule has 0 heterocycles. The van der Waals surface area contributed by atoms with E-state index >= 15 is 0 Å².